The maximum absolute atomic E-state index is 11.8. The molecule has 0 saturated heterocycles. The molecule has 0 spiro atoms. The van der Waals surface area contributed by atoms with Gasteiger partial charge in [-0.05, 0) is 31.7 Å². The lowest BCUT2D eigenvalue weighted by molar-refractivity contribution is 0.0518. The van der Waals surface area contributed by atoms with Crippen molar-refractivity contribution in [3.8, 4) is 5.88 Å². The molecule has 1 aromatic rings. The second-order valence-electron chi connectivity index (χ2n) is 4.17. The Morgan fingerprint density at radius 2 is 2.33 bits per heavy atom. The Labute approximate surface area is 105 Å². The summed E-state index contributed by atoms with van der Waals surface area (Å²) < 4.78 is 10.4. The predicted molar refractivity (Wildman–Crippen MR) is 63.8 cm³/mol. The van der Waals surface area contributed by atoms with E-state index < -0.39 is 5.97 Å². The van der Waals surface area contributed by atoms with E-state index in [0.29, 0.717) is 18.8 Å². The lowest BCUT2D eigenvalue weighted by atomic mass is 10.1. The Balaban J connectivity index is 2.24. The minimum Gasteiger partial charge on any atom is -0.477 e. The largest absolute Gasteiger partial charge is 0.477 e. The molecule has 0 radical (unpaired) electrons. The van der Waals surface area contributed by atoms with E-state index in [0.717, 1.165) is 12.8 Å². The van der Waals surface area contributed by atoms with E-state index in [2.05, 4.69) is 4.98 Å². The van der Waals surface area contributed by atoms with Gasteiger partial charge in [0.15, 0.2) is 6.29 Å². The third-order valence-electron chi connectivity index (χ3n) is 2.71. The van der Waals surface area contributed by atoms with Gasteiger partial charge in [-0.2, -0.15) is 0 Å². The molecule has 0 atom stereocenters. The molecule has 0 aromatic carbocycles. The summed E-state index contributed by atoms with van der Waals surface area (Å²) in [4.78, 5) is 26.8. The van der Waals surface area contributed by atoms with Crippen LogP contribution in [0.15, 0.2) is 12.3 Å². The number of rotatable bonds is 6. The molecule has 5 heteroatoms. The van der Waals surface area contributed by atoms with E-state index in [-0.39, 0.29) is 23.6 Å². The zero-order chi connectivity index (χ0) is 13.0. The fraction of sp³-hybridized carbons (Fsp3) is 0.462. The average molecular weight is 249 g/mol. The molecule has 1 aromatic heterocycles. The SMILES string of the molecule is CCOC(=O)c1c(C=O)ccnc1OCC1CC1. The summed E-state index contributed by atoms with van der Waals surface area (Å²) in [6.45, 7) is 2.48. The number of pyridine rings is 1. The minimum absolute atomic E-state index is 0.120. The Kier molecular flexibility index (Phi) is 3.92. The molecule has 1 aliphatic rings. The number of aromatic nitrogens is 1. The van der Waals surface area contributed by atoms with E-state index in [1.165, 1.54) is 12.3 Å². The van der Waals surface area contributed by atoms with Crippen molar-refractivity contribution in [3.05, 3.63) is 23.4 Å². The van der Waals surface area contributed by atoms with E-state index in [1.807, 2.05) is 0 Å². The van der Waals surface area contributed by atoms with Crippen LogP contribution in [0, 0.1) is 5.92 Å². The number of carbonyl (C=O) groups is 2. The first-order valence-corrected chi connectivity index (χ1v) is 6.00. The number of ether oxygens (including phenoxy) is 2. The molecule has 0 unspecified atom stereocenters. The summed E-state index contributed by atoms with van der Waals surface area (Å²) in [5.41, 5.74) is 0.365. The molecule has 0 bridgehead atoms. The summed E-state index contributed by atoms with van der Waals surface area (Å²) in [6.07, 6.45) is 4.34. The highest BCUT2D eigenvalue weighted by atomic mass is 16.5. The highest BCUT2D eigenvalue weighted by molar-refractivity contribution is 6.00. The highest BCUT2D eigenvalue weighted by Gasteiger charge is 2.25. The number of esters is 1. The topological polar surface area (TPSA) is 65.5 Å². The van der Waals surface area contributed by atoms with Gasteiger partial charge < -0.3 is 9.47 Å². The molecular weight excluding hydrogens is 234 g/mol. The van der Waals surface area contributed by atoms with Crippen LogP contribution in [-0.4, -0.2) is 30.5 Å². The Morgan fingerprint density at radius 3 is 2.94 bits per heavy atom. The van der Waals surface area contributed by atoms with Gasteiger partial charge in [0.2, 0.25) is 5.88 Å². The van der Waals surface area contributed by atoms with Crippen molar-refractivity contribution in [2.45, 2.75) is 19.8 Å². The predicted octanol–water partition coefficient (Wildman–Crippen LogP) is 1.86. The maximum Gasteiger partial charge on any atom is 0.344 e. The number of carbonyl (C=O) groups excluding carboxylic acids is 2. The van der Waals surface area contributed by atoms with Crippen molar-refractivity contribution in [1.82, 2.24) is 4.98 Å². The van der Waals surface area contributed by atoms with Gasteiger partial charge in [0.05, 0.1) is 13.2 Å². The van der Waals surface area contributed by atoms with E-state index in [1.54, 1.807) is 6.92 Å². The lowest BCUT2D eigenvalue weighted by Gasteiger charge is -2.10. The smallest absolute Gasteiger partial charge is 0.344 e. The normalized spacial score (nSPS) is 14.1. The summed E-state index contributed by atoms with van der Waals surface area (Å²) >= 11 is 0. The monoisotopic (exact) mass is 249 g/mol. The number of aldehydes is 1. The Bertz CT molecular complexity index is 454. The number of hydrogen-bond acceptors (Lipinski definition) is 5. The first-order valence-electron chi connectivity index (χ1n) is 6.00. The van der Waals surface area contributed by atoms with Crippen LogP contribution in [0.2, 0.25) is 0 Å². The number of nitrogens with zero attached hydrogens (tertiary/aromatic N) is 1. The van der Waals surface area contributed by atoms with Crippen molar-refractivity contribution in [2.75, 3.05) is 13.2 Å². The fourth-order valence-electron chi connectivity index (χ4n) is 1.55. The third kappa shape index (κ3) is 2.85. The van der Waals surface area contributed by atoms with Gasteiger partial charge in [0.25, 0.3) is 0 Å². The van der Waals surface area contributed by atoms with Gasteiger partial charge in [-0.25, -0.2) is 9.78 Å². The van der Waals surface area contributed by atoms with Crippen LogP contribution in [0.5, 0.6) is 5.88 Å². The second kappa shape index (κ2) is 5.62. The average Bonchev–Trinajstić information content (AvgIpc) is 3.20. The summed E-state index contributed by atoms with van der Waals surface area (Å²) in [7, 11) is 0. The van der Waals surface area contributed by atoms with Crippen LogP contribution in [0.4, 0.5) is 0 Å². The molecule has 1 aliphatic carbocycles. The van der Waals surface area contributed by atoms with Gasteiger partial charge in [0, 0.05) is 11.8 Å². The van der Waals surface area contributed by atoms with Crippen LogP contribution in [0.3, 0.4) is 0 Å². The number of hydrogen-bond donors (Lipinski definition) is 0. The van der Waals surface area contributed by atoms with E-state index in [4.69, 9.17) is 9.47 Å². The zero-order valence-electron chi connectivity index (χ0n) is 10.2. The third-order valence-corrected chi connectivity index (χ3v) is 2.71. The van der Waals surface area contributed by atoms with Crippen LogP contribution in [-0.2, 0) is 4.74 Å². The standard InChI is InChI=1S/C13H15NO4/c1-2-17-13(16)11-10(7-15)5-6-14-12(11)18-8-9-3-4-9/h5-7,9H,2-4,8H2,1H3. The van der Waals surface area contributed by atoms with Gasteiger partial charge in [-0.15, -0.1) is 0 Å². The van der Waals surface area contributed by atoms with Gasteiger partial charge in [-0.3, -0.25) is 4.79 Å². The zero-order valence-corrected chi connectivity index (χ0v) is 10.2. The lowest BCUT2D eigenvalue weighted by Crippen LogP contribution is -2.13. The van der Waals surface area contributed by atoms with Crippen molar-refractivity contribution in [3.63, 3.8) is 0 Å². The van der Waals surface area contributed by atoms with Crippen molar-refractivity contribution in [1.29, 1.82) is 0 Å². The summed E-state index contributed by atoms with van der Waals surface area (Å²) in [5, 5.41) is 0. The van der Waals surface area contributed by atoms with Gasteiger partial charge in [-0.1, -0.05) is 0 Å². The van der Waals surface area contributed by atoms with Crippen LogP contribution < -0.4 is 4.74 Å². The molecule has 0 amide bonds. The molecule has 1 heterocycles. The van der Waals surface area contributed by atoms with Crippen molar-refractivity contribution in [2.24, 2.45) is 5.92 Å². The maximum atomic E-state index is 11.8. The van der Waals surface area contributed by atoms with Crippen molar-refractivity contribution >= 4 is 12.3 Å². The molecule has 0 N–H and O–H groups in total. The molecule has 96 valence electrons. The molecule has 5 nitrogen and oxygen atoms in total. The second-order valence-corrected chi connectivity index (χ2v) is 4.17. The van der Waals surface area contributed by atoms with Crippen molar-refractivity contribution < 1.29 is 19.1 Å². The van der Waals surface area contributed by atoms with Crippen LogP contribution in [0.1, 0.15) is 40.5 Å². The van der Waals surface area contributed by atoms with Crippen LogP contribution in [0.25, 0.3) is 0 Å². The first-order chi connectivity index (χ1) is 8.76. The van der Waals surface area contributed by atoms with E-state index >= 15 is 0 Å². The van der Waals surface area contributed by atoms with Crippen LogP contribution >= 0.6 is 0 Å². The fourth-order valence-corrected chi connectivity index (χ4v) is 1.55. The summed E-state index contributed by atoms with van der Waals surface area (Å²) in [6, 6.07) is 1.48. The van der Waals surface area contributed by atoms with Gasteiger partial charge >= 0.3 is 5.97 Å². The Morgan fingerprint density at radius 1 is 1.56 bits per heavy atom. The van der Waals surface area contributed by atoms with E-state index in [9.17, 15) is 9.59 Å². The first kappa shape index (κ1) is 12.5. The molecule has 2 rings (SSSR count). The summed E-state index contributed by atoms with van der Waals surface area (Å²) in [5.74, 6) is 0.158. The molecule has 18 heavy (non-hydrogen) atoms. The molecule has 0 aliphatic heterocycles. The molecule has 1 saturated carbocycles. The highest BCUT2D eigenvalue weighted by Crippen LogP contribution is 2.30. The quantitative estimate of drug-likeness (QED) is 0.568. The Hall–Kier alpha value is -1.91. The molecular formula is C13H15NO4. The molecule has 1 fully saturated rings. The minimum atomic E-state index is -0.571. The van der Waals surface area contributed by atoms with Gasteiger partial charge in [0.1, 0.15) is 5.56 Å².